The summed E-state index contributed by atoms with van der Waals surface area (Å²) in [5.74, 6) is -8.66. The van der Waals surface area contributed by atoms with Gasteiger partial charge in [-0.3, -0.25) is 19.2 Å². The van der Waals surface area contributed by atoms with Crippen molar-refractivity contribution in [1.82, 2.24) is 4.90 Å². The van der Waals surface area contributed by atoms with Crippen LogP contribution in [0.1, 0.15) is 131 Å². The number of ether oxygens (including phenoxy) is 6. The van der Waals surface area contributed by atoms with Crippen molar-refractivity contribution < 1.29 is 72.0 Å². The Hall–Kier alpha value is -4.71. The number of aliphatic hydroxyl groups is 2. The number of aryl methyl sites for hydroxylation is 1. The number of fused-ring (bicyclic) bond motifs is 3. The lowest BCUT2D eigenvalue weighted by Crippen LogP contribution is -2.61. The highest BCUT2D eigenvalue weighted by Gasteiger charge is 2.53. The van der Waals surface area contributed by atoms with Crippen LogP contribution < -0.4 is 4.57 Å². The number of methoxy groups -OCH3 is 3. The predicted molar refractivity (Wildman–Crippen MR) is 280 cm³/mol. The minimum absolute atomic E-state index is 0.00441. The van der Waals surface area contributed by atoms with Gasteiger partial charge < -0.3 is 43.5 Å². The van der Waals surface area contributed by atoms with Gasteiger partial charge in [0.2, 0.25) is 12.3 Å². The summed E-state index contributed by atoms with van der Waals surface area (Å²) in [4.78, 5) is 85.7. The molecule has 16 heteroatoms. The van der Waals surface area contributed by atoms with E-state index in [1.807, 2.05) is 89.5 Å². The molecule has 1 aromatic rings. The number of aliphatic hydroxyl groups excluding tert-OH is 1. The average Bonchev–Trinajstić information content (AvgIpc) is 3.38. The number of allylic oxidation sites excluding steroid dienone is 6. The topological polar surface area (TPSA) is 205 Å². The van der Waals surface area contributed by atoms with Crippen molar-refractivity contribution in [3.05, 3.63) is 77.7 Å². The zero-order valence-electron chi connectivity index (χ0n) is 46.4. The van der Waals surface area contributed by atoms with E-state index in [4.69, 9.17) is 28.4 Å². The molecule has 2 N–H and O–H groups in total. The number of Topliss-reactive ketones (excluding diaryl/α,β-unsaturated/α-hetero) is 3. The first-order chi connectivity index (χ1) is 35.6. The number of cyclic esters (lactones) is 1. The Morgan fingerprint density at radius 3 is 2.32 bits per heavy atom. The monoisotopic (exact) mass is 1050 g/mol. The molecule has 1 saturated carbocycles. The van der Waals surface area contributed by atoms with Gasteiger partial charge in [0.1, 0.15) is 36.2 Å². The van der Waals surface area contributed by atoms with Crippen LogP contribution in [0.3, 0.4) is 0 Å². The van der Waals surface area contributed by atoms with Gasteiger partial charge in [-0.15, -0.1) is 0 Å². The first-order valence-electron chi connectivity index (χ1n) is 27.2. The lowest BCUT2D eigenvalue weighted by Gasteiger charge is -2.42. The van der Waals surface area contributed by atoms with Crippen molar-refractivity contribution in [3.8, 4) is 0 Å². The van der Waals surface area contributed by atoms with Crippen molar-refractivity contribution >= 4 is 35.2 Å². The van der Waals surface area contributed by atoms with Crippen molar-refractivity contribution in [1.29, 1.82) is 0 Å². The SMILES string of the molecule is CO[C@H]1C[C@@H]2CC[C@@H](C)[C@@](O)(O2)C(=O)C(=O)N2CCCC[C@H]2C(=O)O[C@H]([C@H](C)C[C@@H]2CC[C@@H](OC(=O)C[n+]3cccc(C)c3)[C@H](OC)C2)CC(=O)[C@H](C)/C=C(\C)[C@@H](O)[C@@H](OC)C(=O)[C@H](C)C[C@H](C)/C=C/C=CC=C1C. The highest BCUT2D eigenvalue weighted by Crippen LogP contribution is 2.38. The van der Waals surface area contributed by atoms with Gasteiger partial charge in [0.05, 0.1) is 18.3 Å². The Bertz CT molecular complexity index is 2260. The van der Waals surface area contributed by atoms with E-state index in [9.17, 15) is 39.0 Å². The van der Waals surface area contributed by atoms with Gasteiger partial charge in [-0.25, -0.2) is 9.59 Å². The van der Waals surface area contributed by atoms with E-state index >= 15 is 0 Å². The molecule has 16 nitrogen and oxygen atoms in total. The molecule has 5 rings (SSSR count). The van der Waals surface area contributed by atoms with Crippen LogP contribution in [0.25, 0.3) is 0 Å². The van der Waals surface area contributed by atoms with E-state index in [-0.39, 0.29) is 55.3 Å². The molecule has 0 unspecified atom stereocenters. The zero-order chi connectivity index (χ0) is 55.1. The Morgan fingerprint density at radius 1 is 0.880 bits per heavy atom. The number of carbonyl (C=O) groups excluding carboxylic acids is 6. The summed E-state index contributed by atoms with van der Waals surface area (Å²) >= 11 is 0. The fourth-order valence-corrected chi connectivity index (χ4v) is 11.3. The van der Waals surface area contributed by atoms with E-state index in [1.165, 1.54) is 12.0 Å². The fourth-order valence-electron chi connectivity index (χ4n) is 11.3. The van der Waals surface area contributed by atoms with Gasteiger partial charge in [-0.1, -0.05) is 71.1 Å². The van der Waals surface area contributed by atoms with Crippen LogP contribution in [-0.2, 0) is 63.7 Å². The summed E-state index contributed by atoms with van der Waals surface area (Å²) in [6, 6.07) is 2.65. The molecule has 2 saturated heterocycles. The lowest BCUT2D eigenvalue weighted by molar-refractivity contribution is -0.686. The molecule has 0 radical (unpaired) electrons. The first-order valence-corrected chi connectivity index (χ1v) is 27.2. The van der Waals surface area contributed by atoms with Crippen molar-refractivity contribution in [2.24, 2.45) is 35.5 Å². The van der Waals surface area contributed by atoms with Crippen LogP contribution in [0, 0.1) is 42.4 Å². The number of aromatic nitrogens is 1. The molecule has 4 aliphatic rings. The van der Waals surface area contributed by atoms with Crippen LogP contribution in [0.2, 0.25) is 0 Å². The number of hydrogen-bond acceptors (Lipinski definition) is 14. The molecule has 3 fully saturated rings. The zero-order valence-corrected chi connectivity index (χ0v) is 46.4. The second-order valence-corrected chi connectivity index (χ2v) is 22.1. The van der Waals surface area contributed by atoms with Crippen LogP contribution >= 0.6 is 0 Å². The van der Waals surface area contributed by atoms with Gasteiger partial charge in [-0.2, -0.15) is 4.57 Å². The molecule has 0 spiro atoms. The molecule has 0 aromatic carbocycles. The largest absolute Gasteiger partial charge is 0.460 e. The van der Waals surface area contributed by atoms with Crippen LogP contribution in [-0.4, -0.2) is 133 Å². The fraction of sp³-hybridized carbons (Fsp3) is 0.678. The van der Waals surface area contributed by atoms with Gasteiger partial charge in [0, 0.05) is 70.1 Å². The standard InChI is InChI=1S/C59H87N2O14/c1-36-18-13-12-14-20-38(3)49(70-9)32-45-24-22-43(8)59(69,75-45)56(66)57(67)61-27-16-15-21-46(61)58(68)74-50(33-47(62)39(4)29-42(7)54(65)55(72-11)53(64)41(6)28-36)40(5)30-44-23-25-48(51(31-44)71-10)73-52(63)35-60-26-17-19-37(2)34-60/h12-14,17-20,26,29,34,36,39-41,43-46,48-51,54-55,65,69H,15-16,21-25,27-28,30-33,35H2,1-11H3/q+1/b14-12?,18-13+,38-20?,42-29+/t36-,39-,40-,41-,43-,44+,45+,46+,48-,49+,50+,51-,54-,55+,59-/m1/s1. The van der Waals surface area contributed by atoms with Gasteiger partial charge in [-0.05, 0) is 120 Å². The summed E-state index contributed by atoms with van der Waals surface area (Å²) in [6.45, 7) is 14.7. The van der Waals surface area contributed by atoms with E-state index in [2.05, 4.69) is 0 Å². The van der Waals surface area contributed by atoms with Gasteiger partial charge in [0.15, 0.2) is 18.2 Å². The number of rotatable bonds is 9. The maximum absolute atomic E-state index is 14.6. The quantitative estimate of drug-likeness (QED) is 0.110. The molecular weight excluding hydrogens is 961 g/mol. The average molecular weight is 1050 g/mol. The molecule has 15 atom stereocenters. The second-order valence-electron chi connectivity index (χ2n) is 22.1. The number of pyridine rings is 1. The first kappa shape index (κ1) is 61.1. The smallest absolute Gasteiger partial charge is 0.373 e. The Labute approximate surface area is 445 Å². The third-order valence-corrected chi connectivity index (χ3v) is 16.1. The highest BCUT2D eigenvalue weighted by molar-refractivity contribution is 6.39. The molecule has 4 heterocycles. The van der Waals surface area contributed by atoms with Crippen molar-refractivity contribution in [2.75, 3.05) is 27.9 Å². The summed E-state index contributed by atoms with van der Waals surface area (Å²) in [5, 5.41) is 23.6. The molecule has 75 heavy (non-hydrogen) atoms. The Morgan fingerprint density at radius 2 is 1.63 bits per heavy atom. The molecular formula is C59H87N2O14+. The summed E-state index contributed by atoms with van der Waals surface area (Å²) in [7, 11) is 4.54. The summed E-state index contributed by atoms with van der Waals surface area (Å²) in [5.41, 5.74) is 2.26. The van der Waals surface area contributed by atoms with Crippen LogP contribution in [0.5, 0.6) is 0 Å². The van der Waals surface area contributed by atoms with Crippen molar-refractivity contribution in [2.45, 2.75) is 194 Å². The molecule has 3 aliphatic heterocycles. The summed E-state index contributed by atoms with van der Waals surface area (Å²) < 4.78 is 37.6. The predicted octanol–water partition coefficient (Wildman–Crippen LogP) is 7.03. The number of amides is 1. The third-order valence-electron chi connectivity index (χ3n) is 16.1. The lowest BCUT2D eigenvalue weighted by atomic mass is 9.78. The van der Waals surface area contributed by atoms with Crippen molar-refractivity contribution in [3.63, 3.8) is 0 Å². The number of piperidine rings is 1. The number of hydrogen-bond donors (Lipinski definition) is 2. The van der Waals surface area contributed by atoms with Crippen LogP contribution in [0.4, 0.5) is 0 Å². The van der Waals surface area contributed by atoms with Gasteiger partial charge in [0.25, 0.3) is 11.7 Å². The maximum Gasteiger partial charge on any atom is 0.373 e. The van der Waals surface area contributed by atoms with E-state index in [0.717, 1.165) is 11.1 Å². The number of carbonyl (C=O) groups is 6. The Kier molecular flexibility index (Phi) is 23.3. The molecule has 1 amide bonds. The molecule has 2 bridgehead atoms. The van der Waals surface area contributed by atoms with E-state index in [1.54, 1.807) is 45.6 Å². The molecule has 1 aromatic heterocycles. The minimum Gasteiger partial charge on any atom is -0.460 e. The third kappa shape index (κ3) is 16.6. The van der Waals surface area contributed by atoms with Crippen LogP contribution in [0.15, 0.2) is 72.1 Å². The number of nitrogens with zero attached hydrogens (tertiary/aromatic N) is 2. The maximum atomic E-state index is 14.6. The number of esters is 2. The molecule has 416 valence electrons. The molecule has 1 aliphatic carbocycles. The number of ketones is 3. The summed E-state index contributed by atoms with van der Waals surface area (Å²) in [6.07, 6.45) is 14.5. The van der Waals surface area contributed by atoms with E-state index in [0.29, 0.717) is 69.8 Å². The Balaban J connectivity index is 1.43. The second kappa shape index (κ2) is 28.6. The van der Waals surface area contributed by atoms with Gasteiger partial charge >= 0.3 is 11.9 Å². The normalized spacial score (nSPS) is 35.3. The highest BCUT2D eigenvalue weighted by atomic mass is 16.6. The van der Waals surface area contributed by atoms with E-state index < -0.39 is 95.9 Å². The minimum atomic E-state index is -2.45.